The first kappa shape index (κ1) is 13.2. The summed E-state index contributed by atoms with van der Waals surface area (Å²) in [5.74, 6) is 0.179. The van der Waals surface area contributed by atoms with Gasteiger partial charge in [0, 0.05) is 25.8 Å². The Balaban J connectivity index is 0.000000574. The summed E-state index contributed by atoms with van der Waals surface area (Å²) >= 11 is 0. The fourth-order valence-corrected chi connectivity index (χ4v) is 3.02. The third kappa shape index (κ3) is 1.96. The highest BCUT2D eigenvalue weighted by atomic mass is 16.2. The summed E-state index contributed by atoms with van der Waals surface area (Å²) < 4.78 is 2.24. The number of hydrogen-bond donors (Lipinski definition) is 0. The summed E-state index contributed by atoms with van der Waals surface area (Å²) in [4.78, 5) is 13.8. The Morgan fingerprint density at radius 1 is 1.17 bits per heavy atom. The van der Waals surface area contributed by atoms with Crippen LogP contribution < -0.4 is 0 Å². The number of hydrogen-bond acceptors (Lipinski definition) is 1. The maximum absolute atomic E-state index is 12.0. The number of rotatable bonds is 0. The molecule has 18 heavy (non-hydrogen) atoms. The van der Waals surface area contributed by atoms with Gasteiger partial charge in [0.15, 0.2) is 0 Å². The van der Waals surface area contributed by atoms with Gasteiger partial charge >= 0.3 is 0 Å². The van der Waals surface area contributed by atoms with Crippen molar-refractivity contribution in [2.24, 2.45) is 5.41 Å². The van der Waals surface area contributed by atoms with Crippen LogP contribution in [0.4, 0.5) is 0 Å². The van der Waals surface area contributed by atoms with Gasteiger partial charge in [-0.15, -0.1) is 0 Å². The molecule has 3 rings (SSSR count). The van der Waals surface area contributed by atoms with Crippen LogP contribution in [0.3, 0.4) is 0 Å². The molecule has 1 aromatic rings. The van der Waals surface area contributed by atoms with Crippen LogP contribution >= 0.6 is 0 Å². The summed E-state index contributed by atoms with van der Waals surface area (Å²) in [7, 11) is 1.88. The van der Waals surface area contributed by atoms with Crippen LogP contribution in [0, 0.1) is 5.41 Å². The van der Waals surface area contributed by atoms with E-state index >= 15 is 0 Å². The molecule has 0 bridgehead atoms. The normalized spacial score (nSPS) is 20.1. The fourth-order valence-electron chi connectivity index (χ4n) is 3.02. The molecule has 0 spiro atoms. The van der Waals surface area contributed by atoms with E-state index in [-0.39, 0.29) is 5.91 Å². The molecule has 1 aliphatic carbocycles. The van der Waals surface area contributed by atoms with Gasteiger partial charge in [-0.3, -0.25) is 4.79 Å². The molecule has 0 atom stereocenters. The minimum Gasteiger partial charge on any atom is -0.339 e. The molecule has 0 unspecified atom stereocenters. The number of aromatic nitrogens is 1. The monoisotopic (exact) mass is 248 g/mol. The Morgan fingerprint density at radius 3 is 2.50 bits per heavy atom. The Hall–Kier alpha value is -1.25. The van der Waals surface area contributed by atoms with Crippen molar-refractivity contribution >= 4 is 5.91 Å². The molecule has 2 heterocycles. The topological polar surface area (TPSA) is 25.2 Å². The maximum atomic E-state index is 12.0. The number of carbonyl (C=O) groups is 1. The van der Waals surface area contributed by atoms with Gasteiger partial charge in [-0.25, -0.2) is 0 Å². The van der Waals surface area contributed by atoms with Crippen LogP contribution in [0.2, 0.25) is 0 Å². The van der Waals surface area contributed by atoms with E-state index < -0.39 is 0 Å². The SMILES string of the molecule is CC.CN1CCn2c(cc3c2CC(C)(C)C3)C1=O. The van der Waals surface area contributed by atoms with E-state index in [0.717, 1.165) is 31.6 Å². The van der Waals surface area contributed by atoms with Crippen molar-refractivity contribution in [2.45, 2.75) is 47.1 Å². The van der Waals surface area contributed by atoms with Gasteiger partial charge in [-0.05, 0) is 29.9 Å². The second kappa shape index (κ2) is 4.45. The molecular formula is C15H24N2O. The van der Waals surface area contributed by atoms with Gasteiger partial charge in [0.25, 0.3) is 5.91 Å². The van der Waals surface area contributed by atoms with E-state index in [1.165, 1.54) is 11.3 Å². The minimum absolute atomic E-state index is 0.179. The zero-order valence-corrected chi connectivity index (χ0v) is 12.2. The van der Waals surface area contributed by atoms with Crippen LogP contribution in [-0.2, 0) is 19.4 Å². The predicted octanol–water partition coefficient (Wildman–Crippen LogP) is 2.72. The first-order valence-corrected chi connectivity index (χ1v) is 6.95. The first-order chi connectivity index (χ1) is 8.48. The van der Waals surface area contributed by atoms with Crippen molar-refractivity contribution in [1.29, 1.82) is 0 Å². The lowest BCUT2D eigenvalue weighted by Crippen LogP contribution is -2.37. The third-order valence-electron chi connectivity index (χ3n) is 3.84. The lowest BCUT2D eigenvalue weighted by molar-refractivity contribution is 0.0747. The molecule has 0 aromatic carbocycles. The zero-order chi connectivity index (χ0) is 13.5. The summed E-state index contributed by atoms with van der Waals surface area (Å²) in [5, 5.41) is 0. The quantitative estimate of drug-likeness (QED) is 0.693. The molecular weight excluding hydrogens is 224 g/mol. The van der Waals surface area contributed by atoms with Crippen molar-refractivity contribution in [1.82, 2.24) is 9.47 Å². The van der Waals surface area contributed by atoms with Gasteiger partial charge < -0.3 is 9.47 Å². The summed E-state index contributed by atoms with van der Waals surface area (Å²) in [6.45, 7) is 10.4. The van der Waals surface area contributed by atoms with Gasteiger partial charge in [0.1, 0.15) is 5.69 Å². The molecule has 0 N–H and O–H groups in total. The van der Waals surface area contributed by atoms with Crippen molar-refractivity contribution < 1.29 is 4.79 Å². The van der Waals surface area contributed by atoms with Crippen molar-refractivity contribution in [3.05, 3.63) is 23.0 Å². The molecule has 0 saturated carbocycles. The average Bonchev–Trinajstić information content (AvgIpc) is 2.79. The standard InChI is InChI=1S/C13H18N2O.C2H6/c1-13(2)7-9-6-10-12(16)14(3)4-5-15(10)11(9)8-13;1-2/h6H,4-5,7-8H2,1-3H3;1-2H3. The molecule has 100 valence electrons. The highest BCUT2D eigenvalue weighted by Crippen LogP contribution is 2.38. The molecule has 1 amide bonds. The summed E-state index contributed by atoms with van der Waals surface area (Å²) in [5.41, 5.74) is 4.07. The number of carbonyl (C=O) groups excluding carboxylic acids is 1. The van der Waals surface area contributed by atoms with Crippen LogP contribution in [0.5, 0.6) is 0 Å². The number of likely N-dealkylation sites (N-methyl/N-ethyl adjacent to an activating group) is 1. The van der Waals surface area contributed by atoms with E-state index in [1.807, 2.05) is 25.8 Å². The lowest BCUT2D eigenvalue weighted by Gasteiger charge is -2.26. The molecule has 1 aromatic heterocycles. The van der Waals surface area contributed by atoms with Gasteiger partial charge in [0.05, 0.1) is 0 Å². The van der Waals surface area contributed by atoms with Crippen LogP contribution in [0.1, 0.15) is 49.4 Å². The first-order valence-electron chi connectivity index (χ1n) is 6.95. The Kier molecular flexibility index (Phi) is 3.26. The van der Waals surface area contributed by atoms with Crippen LogP contribution in [0.15, 0.2) is 6.07 Å². The minimum atomic E-state index is 0.179. The Bertz CT molecular complexity index is 471. The predicted molar refractivity (Wildman–Crippen MR) is 73.9 cm³/mol. The second-order valence-corrected chi connectivity index (χ2v) is 5.90. The van der Waals surface area contributed by atoms with Crippen molar-refractivity contribution in [3.8, 4) is 0 Å². The molecule has 0 fully saturated rings. The average molecular weight is 248 g/mol. The molecule has 3 heteroatoms. The Labute approximate surface area is 110 Å². The number of fused-ring (bicyclic) bond motifs is 3. The fraction of sp³-hybridized carbons (Fsp3) is 0.667. The molecule has 3 nitrogen and oxygen atoms in total. The van der Waals surface area contributed by atoms with E-state index in [2.05, 4.69) is 24.5 Å². The van der Waals surface area contributed by atoms with E-state index in [1.54, 1.807) is 0 Å². The van der Waals surface area contributed by atoms with Crippen LogP contribution in [0.25, 0.3) is 0 Å². The van der Waals surface area contributed by atoms with Gasteiger partial charge in [-0.1, -0.05) is 27.7 Å². The summed E-state index contributed by atoms with van der Waals surface area (Å²) in [6.07, 6.45) is 2.22. The maximum Gasteiger partial charge on any atom is 0.270 e. The largest absolute Gasteiger partial charge is 0.339 e. The van der Waals surface area contributed by atoms with Gasteiger partial charge in [0.2, 0.25) is 0 Å². The van der Waals surface area contributed by atoms with E-state index in [4.69, 9.17) is 0 Å². The zero-order valence-electron chi connectivity index (χ0n) is 12.2. The lowest BCUT2D eigenvalue weighted by atomic mass is 9.90. The number of amides is 1. The molecule has 0 saturated heterocycles. The highest BCUT2D eigenvalue weighted by Gasteiger charge is 2.35. The Morgan fingerprint density at radius 2 is 1.83 bits per heavy atom. The highest BCUT2D eigenvalue weighted by molar-refractivity contribution is 5.93. The van der Waals surface area contributed by atoms with Crippen molar-refractivity contribution in [3.63, 3.8) is 0 Å². The van der Waals surface area contributed by atoms with Gasteiger partial charge in [-0.2, -0.15) is 0 Å². The third-order valence-corrected chi connectivity index (χ3v) is 3.84. The second-order valence-electron chi connectivity index (χ2n) is 5.90. The smallest absolute Gasteiger partial charge is 0.270 e. The number of nitrogens with zero attached hydrogens (tertiary/aromatic N) is 2. The van der Waals surface area contributed by atoms with E-state index in [9.17, 15) is 4.79 Å². The molecule has 1 aliphatic heterocycles. The van der Waals surface area contributed by atoms with Crippen LogP contribution in [-0.4, -0.2) is 29.0 Å². The molecule has 0 radical (unpaired) electrons. The molecule has 2 aliphatic rings. The summed E-state index contributed by atoms with van der Waals surface area (Å²) in [6, 6.07) is 2.11. The van der Waals surface area contributed by atoms with Crippen molar-refractivity contribution in [2.75, 3.05) is 13.6 Å². The van der Waals surface area contributed by atoms with E-state index in [0.29, 0.717) is 5.41 Å².